The summed E-state index contributed by atoms with van der Waals surface area (Å²) in [5.74, 6) is 3.08. The van der Waals surface area contributed by atoms with Crippen molar-refractivity contribution in [1.29, 1.82) is 0 Å². The molecule has 1 aromatic carbocycles. The Morgan fingerprint density at radius 3 is 2.58 bits per heavy atom. The van der Waals surface area contributed by atoms with Gasteiger partial charge in [0, 0.05) is 65.1 Å². The molecular formula is C24H30N10O2. The van der Waals surface area contributed by atoms with Crippen molar-refractivity contribution in [3.8, 4) is 17.3 Å². The molecule has 0 spiro atoms. The summed E-state index contributed by atoms with van der Waals surface area (Å²) >= 11 is 0. The third-order valence-corrected chi connectivity index (χ3v) is 6.68. The van der Waals surface area contributed by atoms with Gasteiger partial charge in [0.25, 0.3) is 5.78 Å². The number of nitrogens with one attached hydrogen (secondary N) is 1. The maximum Gasteiger partial charge on any atom is 0.259 e. The van der Waals surface area contributed by atoms with Crippen molar-refractivity contribution in [2.75, 3.05) is 74.9 Å². The zero-order chi connectivity index (χ0) is 24.5. The van der Waals surface area contributed by atoms with Gasteiger partial charge in [0.1, 0.15) is 11.9 Å². The fourth-order valence-electron chi connectivity index (χ4n) is 4.37. The lowest BCUT2D eigenvalue weighted by Crippen LogP contribution is -2.50. The molecule has 12 heteroatoms. The lowest BCUT2D eigenvalue weighted by molar-refractivity contribution is 0.142. The normalized spacial score (nSPS) is 16.9. The minimum absolute atomic E-state index is 0.238. The highest BCUT2D eigenvalue weighted by Crippen LogP contribution is 2.22. The SMILES string of the molecule is CN(CCN1CCN(c2ccc(OC3CNC3)cc2)CC1)c1nc(N)n2nc(-c3ccco3)nc2n1. The van der Waals surface area contributed by atoms with Gasteiger partial charge >= 0.3 is 0 Å². The zero-order valence-electron chi connectivity index (χ0n) is 20.2. The fourth-order valence-corrected chi connectivity index (χ4v) is 4.37. The Kier molecular flexibility index (Phi) is 6.03. The van der Waals surface area contributed by atoms with Crippen LogP contribution in [0.5, 0.6) is 5.75 Å². The van der Waals surface area contributed by atoms with Crippen LogP contribution in [0, 0.1) is 0 Å². The quantitative estimate of drug-likeness (QED) is 0.367. The first kappa shape index (κ1) is 22.6. The maximum absolute atomic E-state index is 6.14. The molecule has 188 valence electrons. The standard InChI is InChI=1S/C24H30N10O2/c1-31(23-28-22(25)34-24(29-23)27-21(30-34)20-3-2-14-35-20)8-9-32-10-12-33(13-11-32)17-4-6-18(7-5-17)36-19-15-26-16-19/h2-7,14,19,26H,8-13,15-16H2,1H3,(H2,25,27,28,29,30). The van der Waals surface area contributed by atoms with Crippen molar-refractivity contribution >= 4 is 23.4 Å². The molecule has 0 saturated carbocycles. The highest BCUT2D eigenvalue weighted by Gasteiger charge is 2.21. The first-order valence-electron chi connectivity index (χ1n) is 12.2. The predicted molar refractivity (Wildman–Crippen MR) is 136 cm³/mol. The lowest BCUT2D eigenvalue weighted by Gasteiger charge is -2.36. The van der Waals surface area contributed by atoms with Gasteiger partial charge in [-0.25, -0.2) is 0 Å². The summed E-state index contributed by atoms with van der Waals surface area (Å²) in [6.07, 6.45) is 1.88. The minimum Gasteiger partial charge on any atom is -0.488 e. The number of nitrogen functional groups attached to an aromatic ring is 1. The van der Waals surface area contributed by atoms with E-state index in [1.807, 2.05) is 11.9 Å². The molecule has 2 aliphatic rings. The number of aromatic nitrogens is 5. The van der Waals surface area contributed by atoms with E-state index in [0.717, 1.165) is 58.1 Å². The number of furan rings is 1. The summed E-state index contributed by atoms with van der Waals surface area (Å²) in [6, 6.07) is 12.0. The third kappa shape index (κ3) is 4.64. The van der Waals surface area contributed by atoms with Gasteiger partial charge in [0.2, 0.25) is 17.7 Å². The summed E-state index contributed by atoms with van der Waals surface area (Å²) < 4.78 is 12.7. The second kappa shape index (κ2) is 9.63. The van der Waals surface area contributed by atoms with Crippen LogP contribution in [0.4, 0.5) is 17.6 Å². The first-order chi connectivity index (χ1) is 17.6. The number of benzene rings is 1. The molecule has 2 fully saturated rings. The molecule has 0 aliphatic carbocycles. The van der Waals surface area contributed by atoms with Crippen LogP contribution in [0.15, 0.2) is 47.1 Å². The van der Waals surface area contributed by atoms with Crippen LogP contribution in [0.3, 0.4) is 0 Å². The van der Waals surface area contributed by atoms with Gasteiger partial charge in [0.15, 0.2) is 5.76 Å². The molecule has 2 saturated heterocycles. The van der Waals surface area contributed by atoms with Crippen LogP contribution in [-0.4, -0.2) is 95.0 Å². The number of likely N-dealkylation sites (N-methyl/N-ethyl adjacent to an activating group) is 1. The molecular weight excluding hydrogens is 460 g/mol. The molecule has 36 heavy (non-hydrogen) atoms. The summed E-state index contributed by atoms with van der Waals surface area (Å²) in [5.41, 5.74) is 7.38. The van der Waals surface area contributed by atoms with Gasteiger partial charge in [-0.15, -0.1) is 5.10 Å². The van der Waals surface area contributed by atoms with Gasteiger partial charge in [-0.1, -0.05) is 0 Å². The van der Waals surface area contributed by atoms with Crippen LogP contribution in [-0.2, 0) is 0 Å². The van der Waals surface area contributed by atoms with E-state index in [1.54, 1.807) is 18.4 Å². The molecule has 0 amide bonds. The van der Waals surface area contributed by atoms with Crippen molar-refractivity contribution in [3.05, 3.63) is 42.7 Å². The van der Waals surface area contributed by atoms with Crippen LogP contribution < -0.4 is 25.6 Å². The average molecular weight is 491 g/mol. The van der Waals surface area contributed by atoms with Crippen molar-refractivity contribution in [2.45, 2.75) is 6.10 Å². The monoisotopic (exact) mass is 490 g/mol. The van der Waals surface area contributed by atoms with E-state index in [4.69, 9.17) is 14.9 Å². The molecule has 5 heterocycles. The summed E-state index contributed by atoms with van der Waals surface area (Å²) in [4.78, 5) is 20.3. The number of hydrogen-bond acceptors (Lipinski definition) is 11. The van der Waals surface area contributed by atoms with E-state index in [9.17, 15) is 0 Å². The summed E-state index contributed by atoms with van der Waals surface area (Å²) in [5, 5.41) is 7.58. The van der Waals surface area contributed by atoms with Gasteiger partial charge in [-0.2, -0.15) is 19.5 Å². The average Bonchev–Trinajstić information content (AvgIpc) is 3.56. The number of anilines is 3. The molecule has 3 aromatic heterocycles. The van der Waals surface area contributed by atoms with Crippen molar-refractivity contribution in [1.82, 2.24) is 34.8 Å². The molecule has 0 unspecified atom stereocenters. The number of piperazine rings is 1. The van der Waals surface area contributed by atoms with Gasteiger partial charge in [-0.05, 0) is 36.4 Å². The highest BCUT2D eigenvalue weighted by atomic mass is 16.5. The van der Waals surface area contributed by atoms with Gasteiger partial charge in [-0.3, -0.25) is 4.90 Å². The Balaban J connectivity index is 1.02. The van der Waals surface area contributed by atoms with Crippen LogP contribution in [0.2, 0.25) is 0 Å². The largest absolute Gasteiger partial charge is 0.488 e. The smallest absolute Gasteiger partial charge is 0.259 e. The maximum atomic E-state index is 6.14. The van der Waals surface area contributed by atoms with E-state index in [-0.39, 0.29) is 5.95 Å². The molecule has 6 rings (SSSR count). The number of nitrogens with zero attached hydrogens (tertiary/aromatic N) is 8. The topological polar surface area (TPSA) is 126 Å². The van der Waals surface area contributed by atoms with Gasteiger partial charge in [0.05, 0.1) is 6.26 Å². The lowest BCUT2D eigenvalue weighted by atomic mass is 10.2. The Morgan fingerprint density at radius 1 is 1.08 bits per heavy atom. The van der Waals surface area contributed by atoms with E-state index in [0.29, 0.717) is 29.4 Å². The molecule has 0 bridgehead atoms. The number of hydrogen-bond donors (Lipinski definition) is 2. The van der Waals surface area contributed by atoms with Crippen LogP contribution >= 0.6 is 0 Å². The Morgan fingerprint density at radius 2 is 1.89 bits per heavy atom. The Bertz CT molecular complexity index is 1290. The van der Waals surface area contributed by atoms with Crippen molar-refractivity contribution in [3.63, 3.8) is 0 Å². The second-order valence-electron chi connectivity index (χ2n) is 9.15. The second-order valence-corrected chi connectivity index (χ2v) is 9.15. The first-order valence-corrected chi connectivity index (χ1v) is 12.2. The van der Waals surface area contributed by atoms with Crippen molar-refractivity contribution in [2.24, 2.45) is 0 Å². The molecule has 3 N–H and O–H groups in total. The van der Waals surface area contributed by atoms with E-state index < -0.39 is 0 Å². The number of nitrogens with two attached hydrogens (primary N) is 1. The molecule has 0 radical (unpaired) electrons. The van der Waals surface area contributed by atoms with Gasteiger partial charge < -0.3 is 30.0 Å². The minimum atomic E-state index is 0.238. The third-order valence-electron chi connectivity index (χ3n) is 6.68. The number of fused-ring (bicyclic) bond motifs is 1. The van der Waals surface area contributed by atoms with Crippen LogP contribution in [0.1, 0.15) is 0 Å². The Hall–Kier alpha value is -3.90. The number of rotatable bonds is 8. The highest BCUT2D eigenvalue weighted by molar-refractivity contribution is 5.53. The zero-order valence-corrected chi connectivity index (χ0v) is 20.2. The Labute approximate surface area is 208 Å². The van der Waals surface area contributed by atoms with E-state index in [2.05, 4.69) is 59.4 Å². The fraction of sp³-hybridized carbons (Fsp3) is 0.417. The summed E-state index contributed by atoms with van der Waals surface area (Å²) in [6.45, 7) is 7.52. The molecule has 12 nitrogen and oxygen atoms in total. The van der Waals surface area contributed by atoms with E-state index >= 15 is 0 Å². The van der Waals surface area contributed by atoms with Crippen molar-refractivity contribution < 1.29 is 9.15 Å². The van der Waals surface area contributed by atoms with E-state index in [1.165, 1.54) is 10.2 Å². The summed E-state index contributed by atoms with van der Waals surface area (Å²) in [7, 11) is 1.97. The molecule has 2 aliphatic heterocycles. The van der Waals surface area contributed by atoms with Crippen LogP contribution in [0.25, 0.3) is 17.4 Å². The molecule has 4 aromatic rings. The predicted octanol–water partition coefficient (Wildman–Crippen LogP) is 0.971. The number of ether oxygens (including phenoxy) is 1. The molecule has 0 atom stereocenters.